The zero-order chi connectivity index (χ0) is 15.6. The van der Waals surface area contributed by atoms with Gasteiger partial charge in [-0.15, -0.1) is 0 Å². The van der Waals surface area contributed by atoms with E-state index in [2.05, 4.69) is 4.98 Å². The number of halogens is 3. The Bertz CT molecular complexity index is 603. The predicted molar refractivity (Wildman–Crippen MR) is 72.8 cm³/mol. The molecule has 0 saturated carbocycles. The molecule has 7 heteroatoms. The lowest BCUT2D eigenvalue weighted by atomic mass is 10.2. The molecule has 114 valence electrons. The number of rotatable bonds is 4. The zero-order valence-electron chi connectivity index (χ0n) is 11.7. The van der Waals surface area contributed by atoms with Crippen molar-refractivity contribution in [2.75, 3.05) is 5.73 Å². The van der Waals surface area contributed by atoms with E-state index in [9.17, 15) is 13.2 Å². The van der Waals surface area contributed by atoms with Crippen LogP contribution in [0.1, 0.15) is 31.1 Å². The Morgan fingerprint density at radius 3 is 2.33 bits per heavy atom. The van der Waals surface area contributed by atoms with Crippen LogP contribution in [-0.2, 0) is 12.8 Å². The minimum absolute atomic E-state index is 0.148. The summed E-state index contributed by atoms with van der Waals surface area (Å²) in [6, 6.07) is 4.71. The van der Waals surface area contributed by atoms with E-state index in [0.717, 1.165) is 12.1 Å². The van der Waals surface area contributed by atoms with E-state index in [0.29, 0.717) is 17.4 Å². The lowest BCUT2D eigenvalue weighted by Gasteiger charge is -2.08. The Morgan fingerprint density at radius 2 is 1.86 bits per heavy atom. The Morgan fingerprint density at radius 1 is 1.24 bits per heavy atom. The third-order valence-electron chi connectivity index (χ3n) is 2.94. The summed E-state index contributed by atoms with van der Waals surface area (Å²) >= 11 is 0. The van der Waals surface area contributed by atoms with Gasteiger partial charge in [0.05, 0.1) is 11.3 Å². The molecule has 0 radical (unpaired) electrons. The summed E-state index contributed by atoms with van der Waals surface area (Å²) in [4.78, 5) is 4.14. The fourth-order valence-electron chi connectivity index (χ4n) is 1.84. The summed E-state index contributed by atoms with van der Waals surface area (Å²) in [6.07, 6.45) is -2.58. The van der Waals surface area contributed by atoms with Crippen molar-refractivity contribution < 1.29 is 17.9 Å². The first kappa shape index (κ1) is 15.2. The fraction of sp³-hybridized carbons (Fsp3) is 0.357. The molecule has 4 nitrogen and oxygen atoms in total. The van der Waals surface area contributed by atoms with Crippen molar-refractivity contribution in [3.8, 4) is 5.75 Å². The standard InChI is InChI=1S/C14H16F3N3O/c1-9(2)20-7-11(19-13(20)18)8-21-12-5-3-10(4-6-12)14(15,16)17/h3-7,9H,8H2,1-2H3,(H2,18,19). The molecule has 1 heterocycles. The Labute approximate surface area is 120 Å². The molecule has 2 rings (SSSR count). The number of alkyl halides is 3. The van der Waals surface area contributed by atoms with Crippen LogP contribution in [0.4, 0.5) is 19.1 Å². The van der Waals surface area contributed by atoms with Gasteiger partial charge in [-0.05, 0) is 38.1 Å². The van der Waals surface area contributed by atoms with Crippen molar-refractivity contribution in [2.45, 2.75) is 32.7 Å². The molecule has 1 aromatic heterocycles. The van der Waals surface area contributed by atoms with Gasteiger partial charge in [-0.2, -0.15) is 13.2 Å². The quantitative estimate of drug-likeness (QED) is 0.937. The third-order valence-corrected chi connectivity index (χ3v) is 2.94. The normalized spacial score (nSPS) is 11.9. The fourth-order valence-corrected chi connectivity index (χ4v) is 1.84. The van der Waals surface area contributed by atoms with Crippen LogP contribution in [0.25, 0.3) is 0 Å². The predicted octanol–water partition coefficient (Wildman–Crippen LogP) is 3.64. The molecule has 0 unspecified atom stereocenters. The molecular weight excluding hydrogens is 283 g/mol. The molecule has 0 saturated heterocycles. The van der Waals surface area contributed by atoms with Crippen molar-refractivity contribution in [1.82, 2.24) is 9.55 Å². The molecule has 0 amide bonds. The van der Waals surface area contributed by atoms with Crippen LogP contribution in [0.2, 0.25) is 0 Å². The molecule has 0 aliphatic carbocycles. The third kappa shape index (κ3) is 3.68. The number of imidazole rings is 1. The lowest BCUT2D eigenvalue weighted by Crippen LogP contribution is -2.04. The molecule has 0 fully saturated rings. The number of anilines is 1. The molecule has 2 aromatic rings. The topological polar surface area (TPSA) is 53.1 Å². The van der Waals surface area contributed by atoms with E-state index in [4.69, 9.17) is 10.5 Å². The minimum Gasteiger partial charge on any atom is -0.487 e. The van der Waals surface area contributed by atoms with Crippen molar-refractivity contribution in [1.29, 1.82) is 0 Å². The van der Waals surface area contributed by atoms with Crippen LogP contribution in [0.15, 0.2) is 30.5 Å². The molecule has 0 spiro atoms. The first-order valence-electron chi connectivity index (χ1n) is 6.40. The highest BCUT2D eigenvalue weighted by Crippen LogP contribution is 2.30. The van der Waals surface area contributed by atoms with Crippen LogP contribution in [0.5, 0.6) is 5.75 Å². The Balaban J connectivity index is 2.02. The first-order chi connectivity index (χ1) is 9.77. The maximum Gasteiger partial charge on any atom is 0.416 e. The zero-order valence-corrected chi connectivity index (χ0v) is 11.7. The largest absolute Gasteiger partial charge is 0.487 e. The van der Waals surface area contributed by atoms with Gasteiger partial charge in [0.25, 0.3) is 0 Å². The smallest absolute Gasteiger partial charge is 0.416 e. The lowest BCUT2D eigenvalue weighted by molar-refractivity contribution is -0.137. The van der Waals surface area contributed by atoms with E-state index in [1.807, 2.05) is 13.8 Å². The number of nitrogen functional groups attached to an aromatic ring is 1. The van der Waals surface area contributed by atoms with Crippen LogP contribution >= 0.6 is 0 Å². The summed E-state index contributed by atoms with van der Waals surface area (Å²) in [5.41, 5.74) is 5.67. The number of benzene rings is 1. The molecule has 2 N–H and O–H groups in total. The number of hydrogen-bond acceptors (Lipinski definition) is 3. The van der Waals surface area contributed by atoms with E-state index < -0.39 is 11.7 Å². The van der Waals surface area contributed by atoms with Crippen molar-refractivity contribution in [3.05, 3.63) is 41.7 Å². The molecule has 0 bridgehead atoms. The maximum absolute atomic E-state index is 12.4. The molecule has 1 aromatic carbocycles. The molecular formula is C14H16F3N3O. The summed E-state index contributed by atoms with van der Waals surface area (Å²) in [5.74, 6) is 0.733. The van der Waals surface area contributed by atoms with Crippen LogP contribution in [0.3, 0.4) is 0 Å². The number of hydrogen-bond donors (Lipinski definition) is 1. The molecule has 21 heavy (non-hydrogen) atoms. The summed E-state index contributed by atoms with van der Waals surface area (Å²) in [5, 5.41) is 0. The summed E-state index contributed by atoms with van der Waals surface area (Å²) in [7, 11) is 0. The second-order valence-corrected chi connectivity index (χ2v) is 4.90. The highest BCUT2D eigenvalue weighted by molar-refractivity contribution is 5.29. The monoisotopic (exact) mass is 299 g/mol. The van der Waals surface area contributed by atoms with E-state index >= 15 is 0 Å². The molecule has 0 atom stereocenters. The number of nitrogens with two attached hydrogens (primary N) is 1. The van der Waals surface area contributed by atoms with Gasteiger partial charge in [-0.25, -0.2) is 4.98 Å². The number of ether oxygens (including phenoxy) is 1. The van der Waals surface area contributed by atoms with Gasteiger partial charge in [-0.1, -0.05) is 0 Å². The summed E-state index contributed by atoms with van der Waals surface area (Å²) < 4.78 is 44.5. The van der Waals surface area contributed by atoms with Gasteiger partial charge >= 0.3 is 6.18 Å². The van der Waals surface area contributed by atoms with Gasteiger partial charge in [0.2, 0.25) is 5.95 Å². The van der Waals surface area contributed by atoms with Crippen LogP contribution in [0, 0.1) is 0 Å². The van der Waals surface area contributed by atoms with E-state index in [1.165, 1.54) is 12.1 Å². The van der Waals surface area contributed by atoms with Gasteiger partial charge in [0.15, 0.2) is 0 Å². The minimum atomic E-state index is -4.34. The Kier molecular flexibility index (Phi) is 4.11. The van der Waals surface area contributed by atoms with Crippen molar-refractivity contribution in [3.63, 3.8) is 0 Å². The Hall–Kier alpha value is -2.18. The summed E-state index contributed by atoms with van der Waals surface area (Å²) in [6.45, 7) is 4.09. The first-order valence-corrected chi connectivity index (χ1v) is 6.40. The van der Waals surface area contributed by atoms with Gasteiger partial charge in [0, 0.05) is 12.2 Å². The SMILES string of the molecule is CC(C)n1cc(COc2ccc(C(F)(F)F)cc2)nc1N. The molecule has 0 aliphatic rings. The van der Waals surface area contributed by atoms with Gasteiger partial charge in [0.1, 0.15) is 12.4 Å². The number of aromatic nitrogens is 2. The van der Waals surface area contributed by atoms with Crippen molar-refractivity contribution in [2.24, 2.45) is 0 Å². The second-order valence-electron chi connectivity index (χ2n) is 4.90. The average molecular weight is 299 g/mol. The van der Waals surface area contributed by atoms with Gasteiger partial charge < -0.3 is 15.0 Å². The highest BCUT2D eigenvalue weighted by atomic mass is 19.4. The second kappa shape index (κ2) is 5.67. The van der Waals surface area contributed by atoms with Crippen LogP contribution < -0.4 is 10.5 Å². The van der Waals surface area contributed by atoms with Crippen molar-refractivity contribution >= 4 is 5.95 Å². The maximum atomic E-state index is 12.4. The van der Waals surface area contributed by atoms with Crippen LogP contribution in [-0.4, -0.2) is 9.55 Å². The highest BCUT2D eigenvalue weighted by Gasteiger charge is 2.30. The van der Waals surface area contributed by atoms with Gasteiger partial charge in [-0.3, -0.25) is 0 Å². The van der Waals surface area contributed by atoms with E-state index in [-0.39, 0.29) is 12.6 Å². The number of nitrogens with zero attached hydrogens (tertiary/aromatic N) is 2. The molecule has 0 aliphatic heterocycles. The average Bonchev–Trinajstić information content (AvgIpc) is 2.77. The van der Waals surface area contributed by atoms with E-state index in [1.54, 1.807) is 10.8 Å².